The Kier molecular flexibility index (Phi) is 4.05. The summed E-state index contributed by atoms with van der Waals surface area (Å²) in [7, 11) is 0. The second kappa shape index (κ2) is 6.57. The molecular formula is C22H22N4S. The Morgan fingerprint density at radius 1 is 1.00 bits per heavy atom. The van der Waals surface area contributed by atoms with E-state index >= 15 is 0 Å². The quantitative estimate of drug-likeness (QED) is 0.662. The first-order chi connectivity index (χ1) is 13.2. The van der Waals surface area contributed by atoms with Crippen LogP contribution in [-0.4, -0.2) is 31.4 Å². The average molecular weight is 375 g/mol. The maximum Gasteiger partial charge on any atom is 0.160 e. The van der Waals surface area contributed by atoms with Crippen LogP contribution in [0.3, 0.4) is 0 Å². The minimum absolute atomic E-state index is 0.0259. The molecule has 2 aromatic heterocycles. The minimum Gasteiger partial charge on any atom is -0.339 e. The zero-order valence-electron chi connectivity index (χ0n) is 15.5. The lowest BCUT2D eigenvalue weighted by atomic mass is 10.0. The van der Waals surface area contributed by atoms with Crippen molar-refractivity contribution in [1.29, 1.82) is 0 Å². The molecule has 3 atom stereocenters. The first kappa shape index (κ1) is 16.6. The largest absolute Gasteiger partial charge is 0.339 e. The highest BCUT2D eigenvalue weighted by Crippen LogP contribution is 2.48. The third kappa shape index (κ3) is 2.77. The van der Waals surface area contributed by atoms with E-state index in [0.717, 1.165) is 17.4 Å². The van der Waals surface area contributed by atoms with Gasteiger partial charge >= 0.3 is 0 Å². The van der Waals surface area contributed by atoms with Crippen molar-refractivity contribution < 1.29 is 0 Å². The van der Waals surface area contributed by atoms with Gasteiger partial charge in [0, 0.05) is 35.1 Å². The van der Waals surface area contributed by atoms with Gasteiger partial charge in [-0.2, -0.15) is 0 Å². The zero-order chi connectivity index (χ0) is 18.4. The standard InChI is InChI=1S/C22H22N4S/c1-15-11-12-19(26(15)17-8-4-3-5-9-17)21-20(18-10-6-7-13-23-18)24-22-25(21)14-16(2)27-22/h3-13,16,20-21H,14H2,1-2H3/t16-,20+,21-/m0/s1. The van der Waals surface area contributed by atoms with E-state index in [1.165, 1.54) is 17.1 Å². The molecule has 0 spiro atoms. The molecule has 1 aromatic carbocycles. The van der Waals surface area contributed by atoms with Crippen molar-refractivity contribution in [2.24, 2.45) is 4.99 Å². The van der Waals surface area contributed by atoms with E-state index in [1.807, 2.05) is 24.0 Å². The molecule has 0 saturated carbocycles. The predicted molar refractivity (Wildman–Crippen MR) is 111 cm³/mol. The fourth-order valence-corrected chi connectivity index (χ4v) is 5.25. The number of hydrogen-bond acceptors (Lipinski definition) is 4. The van der Waals surface area contributed by atoms with Gasteiger partial charge in [-0.3, -0.25) is 9.98 Å². The Balaban J connectivity index is 1.65. The number of amidine groups is 1. The van der Waals surface area contributed by atoms with Crippen molar-refractivity contribution in [3.63, 3.8) is 0 Å². The number of rotatable bonds is 3. The number of aryl methyl sites for hydroxylation is 1. The molecular weight excluding hydrogens is 352 g/mol. The molecule has 136 valence electrons. The molecule has 0 unspecified atom stereocenters. The van der Waals surface area contributed by atoms with Crippen LogP contribution in [0.4, 0.5) is 0 Å². The van der Waals surface area contributed by atoms with E-state index in [1.54, 1.807) is 0 Å². The molecule has 2 aliphatic heterocycles. The van der Waals surface area contributed by atoms with Gasteiger partial charge in [0.2, 0.25) is 0 Å². The molecule has 1 saturated heterocycles. The minimum atomic E-state index is 0.0259. The van der Waals surface area contributed by atoms with E-state index in [2.05, 4.69) is 82.9 Å². The van der Waals surface area contributed by atoms with Gasteiger partial charge in [-0.15, -0.1) is 0 Å². The first-order valence-electron chi connectivity index (χ1n) is 9.38. The first-order valence-corrected chi connectivity index (χ1v) is 10.3. The molecule has 0 amide bonds. The summed E-state index contributed by atoms with van der Waals surface area (Å²) in [6, 6.07) is 21.4. The SMILES string of the molecule is Cc1ccc([C@H]2[C@@H](c3ccccn3)N=C3S[C@@H](C)CN32)n1-c1ccccc1. The van der Waals surface area contributed by atoms with E-state index in [-0.39, 0.29) is 12.1 Å². The van der Waals surface area contributed by atoms with Crippen LogP contribution in [-0.2, 0) is 0 Å². The molecule has 5 heteroatoms. The lowest BCUT2D eigenvalue weighted by Crippen LogP contribution is -2.30. The van der Waals surface area contributed by atoms with Crippen LogP contribution >= 0.6 is 11.8 Å². The van der Waals surface area contributed by atoms with Gasteiger partial charge in [-0.1, -0.05) is 43.0 Å². The normalized spacial score (nSPS) is 24.1. The molecule has 0 radical (unpaired) electrons. The van der Waals surface area contributed by atoms with Gasteiger partial charge in [0.1, 0.15) is 6.04 Å². The Hall–Kier alpha value is -2.53. The van der Waals surface area contributed by atoms with Crippen LogP contribution in [0.2, 0.25) is 0 Å². The maximum atomic E-state index is 5.10. The van der Waals surface area contributed by atoms with Crippen molar-refractivity contribution in [3.05, 3.63) is 83.9 Å². The van der Waals surface area contributed by atoms with Crippen LogP contribution in [0.5, 0.6) is 0 Å². The van der Waals surface area contributed by atoms with E-state index in [0.29, 0.717) is 5.25 Å². The molecule has 1 fully saturated rings. The summed E-state index contributed by atoms with van der Waals surface area (Å²) in [6.45, 7) is 5.47. The fraction of sp³-hybridized carbons (Fsp3) is 0.273. The lowest BCUT2D eigenvalue weighted by molar-refractivity contribution is 0.312. The average Bonchev–Trinajstić information content (AvgIpc) is 3.34. The summed E-state index contributed by atoms with van der Waals surface area (Å²) in [5.74, 6) is 0. The number of thioether (sulfide) groups is 1. The molecule has 2 aliphatic rings. The summed E-state index contributed by atoms with van der Waals surface area (Å²) in [6.07, 6.45) is 1.87. The molecule has 0 aliphatic carbocycles. The number of aliphatic imine (C=N–C) groups is 1. The lowest BCUT2D eigenvalue weighted by Gasteiger charge is -2.28. The Labute approximate surface area is 164 Å². The molecule has 4 nitrogen and oxygen atoms in total. The van der Waals surface area contributed by atoms with Crippen molar-refractivity contribution >= 4 is 16.9 Å². The maximum absolute atomic E-state index is 5.10. The molecule has 3 aromatic rings. The number of hydrogen-bond donors (Lipinski definition) is 0. The van der Waals surface area contributed by atoms with Crippen molar-refractivity contribution in [3.8, 4) is 5.69 Å². The fourth-order valence-electron chi connectivity index (χ4n) is 4.16. The monoisotopic (exact) mass is 374 g/mol. The van der Waals surface area contributed by atoms with Crippen LogP contribution < -0.4 is 0 Å². The third-order valence-corrected chi connectivity index (χ3v) is 6.41. The van der Waals surface area contributed by atoms with Crippen molar-refractivity contribution in [2.45, 2.75) is 31.2 Å². The van der Waals surface area contributed by atoms with Crippen LogP contribution in [0, 0.1) is 6.92 Å². The Morgan fingerprint density at radius 3 is 2.59 bits per heavy atom. The predicted octanol–water partition coefficient (Wildman–Crippen LogP) is 4.77. The number of benzene rings is 1. The smallest absolute Gasteiger partial charge is 0.160 e. The highest BCUT2D eigenvalue weighted by atomic mass is 32.2. The Bertz CT molecular complexity index is 980. The molecule has 0 N–H and O–H groups in total. The Morgan fingerprint density at radius 2 is 1.81 bits per heavy atom. The molecule has 27 heavy (non-hydrogen) atoms. The second-order valence-electron chi connectivity index (χ2n) is 7.21. The van der Waals surface area contributed by atoms with Gasteiger partial charge in [-0.05, 0) is 43.3 Å². The van der Waals surface area contributed by atoms with E-state index in [4.69, 9.17) is 4.99 Å². The summed E-state index contributed by atoms with van der Waals surface area (Å²) in [5.41, 5.74) is 4.76. The summed E-state index contributed by atoms with van der Waals surface area (Å²) >= 11 is 1.88. The van der Waals surface area contributed by atoms with E-state index in [9.17, 15) is 0 Å². The summed E-state index contributed by atoms with van der Waals surface area (Å²) < 4.78 is 2.37. The number of aromatic nitrogens is 2. The summed E-state index contributed by atoms with van der Waals surface area (Å²) in [5, 5.41) is 1.72. The van der Waals surface area contributed by atoms with Gasteiger partial charge in [-0.25, -0.2) is 0 Å². The third-order valence-electron chi connectivity index (χ3n) is 5.30. The van der Waals surface area contributed by atoms with Crippen LogP contribution in [0.25, 0.3) is 5.69 Å². The highest BCUT2D eigenvalue weighted by Gasteiger charge is 2.44. The van der Waals surface area contributed by atoms with Crippen molar-refractivity contribution in [1.82, 2.24) is 14.5 Å². The van der Waals surface area contributed by atoms with E-state index < -0.39 is 0 Å². The van der Waals surface area contributed by atoms with Gasteiger partial charge < -0.3 is 9.47 Å². The molecule has 5 rings (SSSR count). The van der Waals surface area contributed by atoms with Gasteiger partial charge in [0.15, 0.2) is 5.17 Å². The topological polar surface area (TPSA) is 33.4 Å². The van der Waals surface area contributed by atoms with Crippen LogP contribution in [0.15, 0.2) is 71.9 Å². The highest BCUT2D eigenvalue weighted by molar-refractivity contribution is 8.14. The number of para-hydroxylation sites is 1. The number of nitrogens with zero attached hydrogens (tertiary/aromatic N) is 4. The summed E-state index contributed by atoms with van der Waals surface area (Å²) in [4.78, 5) is 12.2. The zero-order valence-corrected chi connectivity index (χ0v) is 16.3. The van der Waals surface area contributed by atoms with Crippen molar-refractivity contribution in [2.75, 3.05) is 6.54 Å². The number of fused-ring (bicyclic) bond motifs is 1. The number of pyridine rings is 1. The van der Waals surface area contributed by atoms with Gasteiger partial charge in [0.25, 0.3) is 0 Å². The second-order valence-corrected chi connectivity index (χ2v) is 8.61. The van der Waals surface area contributed by atoms with Crippen LogP contribution in [0.1, 0.15) is 36.1 Å². The van der Waals surface area contributed by atoms with Gasteiger partial charge in [0.05, 0.1) is 11.7 Å². The molecule has 0 bridgehead atoms. The molecule has 4 heterocycles.